The van der Waals surface area contributed by atoms with Crippen molar-refractivity contribution in [3.05, 3.63) is 16.4 Å². The molecule has 1 heterocycles. The van der Waals surface area contributed by atoms with Gasteiger partial charge in [0, 0.05) is 11.3 Å². The summed E-state index contributed by atoms with van der Waals surface area (Å²) >= 11 is 1.65. The van der Waals surface area contributed by atoms with E-state index in [-0.39, 0.29) is 5.56 Å². The lowest BCUT2D eigenvalue weighted by Crippen LogP contribution is -2.13. The van der Waals surface area contributed by atoms with Crippen LogP contribution in [-0.2, 0) is 0 Å². The van der Waals surface area contributed by atoms with Crippen LogP contribution in [0.2, 0.25) is 0 Å². The van der Waals surface area contributed by atoms with Crippen LogP contribution in [0.4, 0.5) is 5.82 Å². The monoisotopic (exact) mass is 225 g/mol. The van der Waals surface area contributed by atoms with Crippen molar-refractivity contribution in [2.24, 2.45) is 0 Å². The molecule has 82 valence electrons. The van der Waals surface area contributed by atoms with Gasteiger partial charge in [0.1, 0.15) is 5.82 Å². The van der Waals surface area contributed by atoms with Gasteiger partial charge in [0.05, 0.1) is 0 Å². The highest BCUT2D eigenvalue weighted by Gasteiger charge is 2.15. The highest BCUT2D eigenvalue weighted by molar-refractivity contribution is 7.99. The van der Waals surface area contributed by atoms with Gasteiger partial charge in [-0.05, 0) is 12.8 Å². The van der Waals surface area contributed by atoms with E-state index in [2.05, 4.69) is 9.97 Å². The quantitative estimate of drug-likeness (QED) is 0.752. The average molecular weight is 225 g/mol. The molecule has 0 aromatic carbocycles. The smallest absolute Gasteiger partial charge is 0.253 e. The van der Waals surface area contributed by atoms with Gasteiger partial charge < -0.3 is 10.7 Å². The SMILES string of the molecule is Nc1cc(=O)[nH]c(SC2CCCCC2)n1. The van der Waals surface area contributed by atoms with E-state index in [0.717, 1.165) is 0 Å². The fraction of sp³-hybridized carbons (Fsp3) is 0.600. The third-order valence-corrected chi connectivity index (χ3v) is 3.79. The number of thioether (sulfide) groups is 1. The summed E-state index contributed by atoms with van der Waals surface area (Å²) in [6, 6.07) is 1.31. The molecule has 5 heteroatoms. The van der Waals surface area contributed by atoms with Gasteiger partial charge >= 0.3 is 0 Å². The summed E-state index contributed by atoms with van der Waals surface area (Å²) in [5.41, 5.74) is 5.35. The van der Waals surface area contributed by atoms with Crippen LogP contribution >= 0.6 is 11.8 Å². The fourth-order valence-corrected chi connectivity index (χ4v) is 3.05. The number of nitrogens with one attached hydrogen (secondary N) is 1. The summed E-state index contributed by atoms with van der Waals surface area (Å²) in [4.78, 5) is 18.0. The molecule has 1 fully saturated rings. The van der Waals surface area contributed by atoms with Crippen molar-refractivity contribution in [2.75, 3.05) is 5.73 Å². The Kier molecular flexibility index (Phi) is 3.30. The van der Waals surface area contributed by atoms with Gasteiger partial charge in [-0.15, -0.1) is 0 Å². The minimum atomic E-state index is -0.166. The maximum Gasteiger partial charge on any atom is 0.253 e. The van der Waals surface area contributed by atoms with Crippen molar-refractivity contribution in [3.63, 3.8) is 0 Å². The van der Waals surface area contributed by atoms with Gasteiger partial charge in [0.2, 0.25) is 0 Å². The van der Waals surface area contributed by atoms with Gasteiger partial charge in [0.25, 0.3) is 5.56 Å². The van der Waals surface area contributed by atoms with Crippen LogP contribution < -0.4 is 11.3 Å². The standard InChI is InChI=1S/C10H15N3OS/c11-8-6-9(14)13-10(12-8)15-7-4-2-1-3-5-7/h6-7H,1-5H2,(H3,11,12,13,14). The fourth-order valence-electron chi connectivity index (χ4n) is 1.85. The Hall–Kier alpha value is -0.970. The largest absolute Gasteiger partial charge is 0.383 e. The third-order valence-electron chi connectivity index (χ3n) is 2.57. The Morgan fingerprint density at radius 3 is 2.80 bits per heavy atom. The van der Waals surface area contributed by atoms with Crippen LogP contribution in [0, 0.1) is 0 Å². The van der Waals surface area contributed by atoms with Crippen LogP contribution in [0.1, 0.15) is 32.1 Å². The number of aromatic nitrogens is 2. The predicted octanol–water partition coefficient (Wildman–Crippen LogP) is 1.78. The Morgan fingerprint density at radius 2 is 2.13 bits per heavy atom. The summed E-state index contributed by atoms with van der Waals surface area (Å²) < 4.78 is 0. The molecule has 0 bridgehead atoms. The molecule has 0 spiro atoms. The van der Waals surface area contributed by atoms with E-state index < -0.39 is 0 Å². The lowest BCUT2D eigenvalue weighted by Gasteiger charge is -2.19. The second kappa shape index (κ2) is 4.70. The predicted molar refractivity (Wildman–Crippen MR) is 62.0 cm³/mol. The highest BCUT2D eigenvalue weighted by Crippen LogP contribution is 2.31. The van der Waals surface area contributed by atoms with Crippen LogP contribution in [0.15, 0.2) is 16.0 Å². The molecular formula is C10H15N3OS. The summed E-state index contributed by atoms with van der Waals surface area (Å²) in [6.45, 7) is 0. The molecule has 1 aliphatic carbocycles. The maximum absolute atomic E-state index is 11.2. The van der Waals surface area contributed by atoms with Gasteiger partial charge in [-0.1, -0.05) is 31.0 Å². The Balaban J connectivity index is 2.06. The second-order valence-corrected chi connectivity index (χ2v) is 5.14. The second-order valence-electron chi connectivity index (χ2n) is 3.85. The number of anilines is 1. The van der Waals surface area contributed by atoms with E-state index in [4.69, 9.17) is 5.73 Å². The molecular weight excluding hydrogens is 210 g/mol. The van der Waals surface area contributed by atoms with Crippen molar-refractivity contribution >= 4 is 17.6 Å². The summed E-state index contributed by atoms with van der Waals surface area (Å²) in [6.07, 6.45) is 6.32. The number of rotatable bonds is 2. The molecule has 1 aliphatic rings. The van der Waals surface area contributed by atoms with Crippen LogP contribution in [-0.4, -0.2) is 15.2 Å². The molecule has 4 nitrogen and oxygen atoms in total. The molecule has 0 saturated heterocycles. The van der Waals surface area contributed by atoms with E-state index >= 15 is 0 Å². The van der Waals surface area contributed by atoms with Crippen molar-refractivity contribution in [1.82, 2.24) is 9.97 Å². The van der Waals surface area contributed by atoms with Gasteiger partial charge in [0.15, 0.2) is 5.16 Å². The van der Waals surface area contributed by atoms with E-state index in [9.17, 15) is 4.79 Å². The lowest BCUT2D eigenvalue weighted by molar-refractivity contribution is 0.515. The highest BCUT2D eigenvalue weighted by atomic mass is 32.2. The molecule has 0 radical (unpaired) electrons. The van der Waals surface area contributed by atoms with Crippen molar-refractivity contribution in [2.45, 2.75) is 42.5 Å². The normalized spacial score (nSPS) is 17.9. The number of hydrogen-bond donors (Lipinski definition) is 2. The molecule has 2 rings (SSSR count). The van der Waals surface area contributed by atoms with Crippen molar-refractivity contribution < 1.29 is 0 Å². The van der Waals surface area contributed by atoms with Crippen LogP contribution in [0.25, 0.3) is 0 Å². The molecule has 15 heavy (non-hydrogen) atoms. The number of hydrogen-bond acceptors (Lipinski definition) is 4. The van der Waals surface area contributed by atoms with Gasteiger partial charge in [-0.25, -0.2) is 4.98 Å². The molecule has 1 aromatic heterocycles. The Labute approximate surface area is 92.7 Å². The van der Waals surface area contributed by atoms with Crippen molar-refractivity contribution in [1.29, 1.82) is 0 Å². The Bertz CT molecular complexity index is 384. The molecule has 0 atom stereocenters. The summed E-state index contributed by atoms with van der Waals surface area (Å²) in [7, 11) is 0. The first kappa shape index (κ1) is 10.5. The number of aromatic amines is 1. The van der Waals surface area contributed by atoms with E-state index in [1.165, 1.54) is 38.2 Å². The van der Waals surface area contributed by atoms with Crippen molar-refractivity contribution in [3.8, 4) is 0 Å². The number of nitrogen functional groups attached to an aromatic ring is 1. The zero-order valence-corrected chi connectivity index (χ0v) is 9.35. The first-order valence-electron chi connectivity index (χ1n) is 5.27. The van der Waals surface area contributed by atoms with Crippen LogP contribution in [0.5, 0.6) is 0 Å². The summed E-state index contributed by atoms with van der Waals surface area (Å²) in [5.74, 6) is 0.303. The van der Waals surface area contributed by atoms with Crippen LogP contribution in [0.3, 0.4) is 0 Å². The zero-order valence-electron chi connectivity index (χ0n) is 8.53. The molecule has 0 unspecified atom stereocenters. The Morgan fingerprint density at radius 1 is 1.40 bits per heavy atom. The first-order valence-corrected chi connectivity index (χ1v) is 6.15. The first-order chi connectivity index (χ1) is 7.24. The zero-order chi connectivity index (χ0) is 10.7. The van der Waals surface area contributed by atoms with E-state index in [1.54, 1.807) is 11.8 Å². The molecule has 0 aliphatic heterocycles. The topological polar surface area (TPSA) is 71.8 Å². The molecule has 3 N–H and O–H groups in total. The van der Waals surface area contributed by atoms with E-state index in [1.807, 2.05) is 0 Å². The van der Waals surface area contributed by atoms with Gasteiger partial charge in [-0.2, -0.15) is 0 Å². The number of H-pyrrole nitrogens is 1. The minimum Gasteiger partial charge on any atom is -0.383 e. The lowest BCUT2D eigenvalue weighted by atomic mass is 10.0. The minimum absolute atomic E-state index is 0.166. The average Bonchev–Trinajstić information content (AvgIpc) is 2.17. The number of nitrogens with two attached hydrogens (primary N) is 1. The number of nitrogens with zero attached hydrogens (tertiary/aromatic N) is 1. The molecule has 1 saturated carbocycles. The van der Waals surface area contributed by atoms with E-state index in [0.29, 0.717) is 16.2 Å². The molecule has 1 aromatic rings. The third kappa shape index (κ3) is 2.99. The van der Waals surface area contributed by atoms with Gasteiger partial charge in [-0.3, -0.25) is 4.79 Å². The molecule has 0 amide bonds. The maximum atomic E-state index is 11.2. The summed E-state index contributed by atoms with van der Waals surface area (Å²) in [5, 5.41) is 1.25.